The minimum atomic E-state index is -0.717. The highest BCUT2D eigenvalue weighted by Crippen LogP contribution is 2.29. The van der Waals surface area contributed by atoms with Crippen molar-refractivity contribution in [3.63, 3.8) is 0 Å². The summed E-state index contributed by atoms with van der Waals surface area (Å²) < 4.78 is 0. The third kappa shape index (κ3) is 6.03. The van der Waals surface area contributed by atoms with Gasteiger partial charge in [0.2, 0.25) is 0 Å². The van der Waals surface area contributed by atoms with Gasteiger partial charge in [-0.1, -0.05) is 11.6 Å². The average molecular weight is 474 g/mol. The summed E-state index contributed by atoms with van der Waals surface area (Å²) >= 11 is 6.36. The second-order valence-corrected chi connectivity index (χ2v) is 9.50. The Morgan fingerprint density at radius 2 is 1.82 bits per heavy atom. The number of aromatic nitrogens is 1. The van der Waals surface area contributed by atoms with E-state index in [2.05, 4.69) is 15.6 Å². The van der Waals surface area contributed by atoms with Crippen LogP contribution in [0.2, 0.25) is 5.02 Å². The molecule has 1 atom stereocenters. The Labute approximate surface area is 198 Å². The number of carboxylic acid groups (broad SMARTS) is 1. The molecule has 4 N–H and O–H groups in total. The number of aryl methyl sites for hydroxylation is 2. The standard InChI is InChI=1S/C25H32ClN3O4/c1-13-9-14(2)28-24(31)22(13)12-27-23(30)21-11-18(26)10-20(15(21)3)16(4)29-19-7-5-17(6-8-19)25(32)33/h9-11,16-17,19,29H,5-8,12H2,1-4H3,(H,27,30)(H,28,31)(H,32,33). The van der Waals surface area contributed by atoms with Crippen LogP contribution in [-0.4, -0.2) is 28.0 Å². The molecule has 1 heterocycles. The van der Waals surface area contributed by atoms with Gasteiger partial charge in [0.15, 0.2) is 0 Å². The van der Waals surface area contributed by atoms with Crippen LogP contribution >= 0.6 is 11.6 Å². The lowest BCUT2D eigenvalue weighted by atomic mass is 9.85. The van der Waals surface area contributed by atoms with Gasteiger partial charge < -0.3 is 20.7 Å². The number of benzene rings is 1. The Morgan fingerprint density at radius 3 is 2.42 bits per heavy atom. The minimum absolute atomic E-state index is 0.0520. The summed E-state index contributed by atoms with van der Waals surface area (Å²) in [6.07, 6.45) is 2.94. The Kier molecular flexibility index (Phi) is 7.97. The quantitative estimate of drug-likeness (QED) is 0.482. The average Bonchev–Trinajstić information content (AvgIpc) is 2.74. The second-order valence-electron chi connectivity index (χ2n) is 9.07. The van der Waals surface area contributed by atoms with Gasteiger partial charge >= 0.3 is 5.97 Å². The van der Waals surface area contributed by atoms with Crippen molar-refractivity contribution in [2.45, 2.75) is 72.0 Å². The van der Waals surface area contributed by atoms with Gasteiger partial charge in [-0.2, -0.15) is 0 Å². The van der Waals surface area contributed by atoms with Crippen molar-refractivity contribution in [1.82, 2.24) is 15.6 Å². The molecule has 7 nitrogen and oxygen atoms in total. The molecule has 0 saturated heterocycles. The van der Waals surface area contributed by atoms with Crippen LogP contribution in [-0.2, 0) is 11.3 Å². The fourth-order valence-electron chi connectivity index (χ4n) is 4.70. The van der Waals surface area contributed by atoms with E-state index < -0.39 is 5.97 Å². The maximum Gasteiger partial charge on any atom is 0.306 e. The first-order valence-corrected chi connectivity index (χ1v) is 11.7. The maximum absolute atomic E-state index is 13.0. The number of rotatable bonds is 7. The van der Waals surface area contributed by atoms with Crippen LogP contribution < -0.4 is 16.2 Å². The molecule has 33 heavy (non-hydrogen) atoms. The van der Waals surface area contributed by atoms with E-state index in [0.29, 0.717) is 29.0 Å². The summed E-state index contributed by atoms with van der Waals surface area (Å²) in [5.74, 6) is -1.26. The largest absolute Gasteiger partial charge is 0.481 e. The molecule has 8 heteroatoms. The first kappa shape index (κ1) is 25.0. The highest BCUT2D eigenvalue weighted by Gasteiger charge is 2.27. The highest BCUT2D eigenvalue weighted by molar-refractivity contribution is 6.31. The third-order valence-corrected chi connectivity index (χ3v) is 6.82. The van der Waals surface area contributed by atoms with E-state index in [-0.39, 0.29) is 36.0 Å². The lowest BCUT2D eigenvalue weighted by Gasteiger charge is -2.30. The number of carbonyl (C=O) groups excluding carboxylic acids is 1. The number of halogens is 1. The molecule has 1 aromatic carbocycles. The fraction of sp³-hybridized carbons (Fsp3) is 0.480. The Hall–Kier alpha value is -2.64. The van der Waals surface area contributed by atoms with Crippen molar-refractivity contribution in [3.05, 3.63) is 67.1 Å². The molecule has 0 spiro atoms. The van der Waals surface area contributed by atoms with Crippen molar-refractivity contribution in [3.8, 4) is 0 Å². The summed E-state index contributed by atoms with van der Waals surface area (Å²) in [5, 5.41) is 16.1. The SMILES string of the molecule is Cc1cc(C)c(CNC(=O)c2cc(Cl)cc(C(C)NC3CCC(C(=O)O)CC3)c2C)c(=O)[nH]1. The molecule has 178 valence electrons. The second kappa shape index (κ2) is 10.5. The topological polar surface area (TPSA) is 111 Å². The van der Waals surface area contributed by atoms with Crippen LogP contribution in [0, 0.1) is 26.7 Å². The van der Waals surface area contributed by atoms with E-state index in [1.807, 2.05) is 39.8 Å². The Morgan fingerprint density at radius 1 is 1.15 bits per heavy atom. The van der Waals surface area contributed by atoms with Gasteiger partial charge in [0, 0.05) is 40.5 Å². The van der Waals surface area contributed by atoms with Crippen molar-refractivity contribution in [2.24, 2.45) is 5.92 Å². The molecule has 2 aromatic rings. The van der Waals surface area contributed by atoms with Gasteiger partial charge in [-0.15, -0.1) is 0 Å². The molecule has 1 aliphatic rings. The van der Waals surface area contributed by atoms with Gasteiger partial charge in [-0.05, 0) is 88.3 Å². The van der Waals surface area contributed by atoms with E-state index in [0.717, 1.165) is 35.2 Å². The zero-order chi connectivity index (χ0) is 24.3. The van der Waals surface area contributed by atoms with Crippen molar-refractivity contribution in [1.29, 1.82) is 0 Å². The fourth-order valence-corrected chi connectivity index (χ4v) is 4.93. The first-order chi connectivity index (χ1) is 15.6. The molecule has 0 aliphatic heterocycles. The van der Waals surface area contributed by atoms with Gasteiger partial charge in [-0.3, -0.25) is 14.4 Å². The number of carbonyl (C=O) groups is 2. The maximum atomic E-state index is 13.0. The number of H-pyrrole nitrogens is 1. The van der Waals surface area contributed by atoms with Crippen LogP contribution in [0.15, 0.2) is 23.0 Å². The van der Waals surface area contributed by atoms with Gasteiger partial charge in [0.1, 0.15) is 0 Å². The van der Waals surface area contributed by atoms with Crippen LogP contribution in [0.25, 0.3) is 0 Å². The Bertz CT molecular complexity index is 1100. The normalized spacial score (nSPS) is 19.2. The summed E-state index contributed by atoms with van der Waals surface area (Å²) in [5.41, 5.74) is 4.16. The monoisotopic (exact) mass is 473 g/mol. The number of carboxylic acids is 1. The lowest BCUT2D eigenvalue weighted by Crippen LogP contribution is -2.36. The van der Waals surface area contributed by atoms with E-state index in [4.69, 9.17) is 11.6 Å². The third-order valence-electron chi connectivity index (χ3n) is 6.61. The molecule has 1 aromatic heterocycles. The number of nitrogens with one attached hydrogen (secondary N) is 3. The zero-order valence-electron chi connectivity index (χ0n) is 19.5. The number of amides is 1. The first-order valence-electron chi connectivity index (χ1n) is 11.3. The smallest absolute Gasteiger partial charge is 0.306 e. The summed E-state index contributed by atoms with van der Waals surface area (Å²) in [6, 6.07) is 5.56. The molecular weight excluding hydrogens is 442 g/mol. The van der Waals surface area contributed by atoms with Crippen LogP contribution in [0.3, 0.4) is 0 Å². The molecule has 3 rings (SSSR count). The molecule has 1 fully saturated rings. The van der Waals surface area contributed by atoms with E-state index in [1.165, 1.54) is 0 Å². The lowest BCUT2D eigenvalue weighted by molar-refractivity contribution is -0.142. The van der Waals surface area contributed by atoms with Gasteiger partial charge in [0.25, 0.3) is 11.5 Å². The zero-order valence-corrected chi connectivity index (χ0v) is 20.3. The van der Waals surface area contributed by atoms with Crippen LogP contribution in [0.4, 0.5) is 0 Å². The predicted molar refractivity (Wildman–Crippen MR) is 129 cm³/mol. The minimum Gasteiger partial charge on any atom is -0.481 e. The molecule has 0 bridgehead atoms. The van der Waals surface area contributed by atoms with Crippen LogP contribution in [0.5, 0.6) is 0 Å². The molecule has 1 saturated carbocycles. The molecular formula is C25H32ClN3O4. The van der Waals surface area contributed by atoms with E-state index in [9.17, 15) is 19.5 Å². The molecule has 1 aliphatic carbocycles. The van der Waals surface area contributed by atoms with Gasteiger partial charge in [0.05, 0.1) is 5.92 Å². The molecule has 1 unspecified atom stereocenters. The van der Waals surface area contributed by atoms with Crippen molar-refractivity contribution < 1.29 is 14.7 Å². The number of aliphatic carboxylic acids is 1. The highest BCUT2D eigenvalue weighted by atomic mass is 35.5. The summed E-state index contributed by atoms with van der Waals surface area (Å²) in [7, 11) is 0. The Balaban J connectivity index is 1.72. The van der Waals surface area contributed by atoms with Crippen molar-refractivity contribution in [2.75, 3.05) is 0 Å². The van der Waals surface area contributed by atoms with E-state index in [1.54, 1.807) is 6.07 Å². The summed E-state index contributed by atoms with van der Waals surface area (Å²) in [6.45, 7) is 7.72. The molecule has 0 radical (unpaired) electrons. The number of hydrogen-bond acceptors (Lipinski definition) is 4. The number of hydrogen-bond donors (Lipinski definition) is 4. The van der Waals surface area contributed by atoms with Gasteiger partial charge in [-0.25, -0.2) is 0 Å². The number of aromatic amines is 1. The predicted octanol–water partition coefficient (Wildman–Crippen LogP) is 4.18. The number of pyridine rings is 1. The van der Waals surface area contributed by atoms with Crippen molar-refractivity contribution >= 4 is 23.5 Å². The van der Waals surface area contributed by atoms with Crippen LogP contribution in [0.1, 0.15) is 77.0 Å². The van der Waals surface area contributed by atoms with E-state index >= 15 is 0 Å². The molecule has 1 amide bonds. The summed E-state index contributed by atoms with van der Waals surface area (Å²) in [4.78, 5) is 39.2.